The van der Waals surface area contributed by atoms with Crippen molar-refractivity contribution < 1.29 is 0 Å². The van der Waals surface area contributed by atoms with Crippen LogP contribution in [0.2, 0.25) is 0 Å². The smallest absolute Gasteiger partial charge is 0.0685 e. The van der Waals surface area contributed by atoms with Gasteiger partial charge in [0.15, 0.2) is 0 Å². The predicted molar refractivity (Wildman–Crippen MR) is 74.3 cm³/mol. The highest BCUT2D eigenvalue weighted by Crippen LogP contribution is 2.18. The summed E-state index contributed by atoms with van der Waals surface area (Å²) in [6.07, 6.45) is 2.75. The molecule has 2 heterocycles. The summed E-state index contributed by atoms with van der Waals surface area (Å²) in [5.74, 6) is 5.67. The summed E-state index contributed by atoms with van der Waals surface area (Å²) in [5, 5.41) is 8.90. The highest BCUT2D eigenvalue weighted by Gasteiger charge is 2.17. The Morgan fingerprint density at radius 1 is 1.37 bits per heavy atom. The van der Waals surface area contributed by atoms with Gasteiger partial charge in [-0.2, -0.15) is 10.2 Å². The van der Waals surface area contributed by atoms with Crippen molar-refractivity contribution in [2.45, 2.75) is 39.3 Å². The number of hydrogen-bond acceptors (Lipinski definition) is 4. The number of rotatable bonds is 5. The largest absolute Gasteiger partial charge is 0.271 e. The number of hydrogen-bond donors (Lipinski definition) is 2. The summed E-state index contributed by atoms with van der Waals surface area (Å²) in [6, 6.07) is 4.47. The Hall–Kier alpha value is -1.66. The molecular weight excluding hydrogens is 240 g/mol. The molecule has 0 saturated heterocycles. The van der Waals surface area contributed by atoms with Crippen molar-refractivity contribution in [3.8, 4) is 0 Å². The van der Waals surface area contributed by atoms with Gasteiger partial charge in [-0.05, 0) is 32.9 Å². The quantitative estimate of drug-likeness (QED) is 0.628. The van der Waals surface area contributed by atoms with E-state index in [2.05, 4.69) is 29.5 Å². The lowest BCUT2D eigenvalue weighted by molar-refractivity contribution is 0.487. The number of nitrogens with two attached hydrogens (primary N) is 1. The van der Waals surface area contributed by atoms with E-state index in [0.717, 1.165) is 23.5 Å². The highest BCUT2D eigenvalue weighted by atomic mass is 15.3. The molecule has 19 heavy (non-hydrogen) atoms. The maximum atomic E-state index is 5.67. The van der Waals surface area contributed by atoms with Crippen LogP contribution in [-0.2, 0) is 13.5 Å². The van der Waals surface area contributed by atoms with Crippen LogP contribution in [0.25, 0.3) is 0 Å². The molecule has 3 N–H and O–H groups in total. The van der Waals surface area contributed by atoms with Gasteiger partial charge >= 0.3 is 0 Å². The summed E-state index contributed by atoms with van der Waals surface area (Å²) in [7, 11) is 1.93. The lowest BCUT2D eigenvalue weighted by atomic mass is 10.1. The van der Waals surface area contributed by atoms with Gasteiger partial charge in [-0.1, -0.05) is 0 Å². The normalized spacial score (nSPS) is 13.2. The molecule has 0 aliphatic carbocycles. The molecule has 0 fully saturated rings. The average Bonchev–Trinajstić information content (AvgIpc) is 2.93. The molecule has 1 unspecified atom stereocenters. The predicted octanol–water partition coefficient (Wildman–Crippen LogP) is 1.25. The molecule has 0 amide bonds. The molecule has 0 bridgehead atoms. The topological polar surface area (TPSA) is 73.7 Å². The number of nitrogens with zero attached hydrogens (tertiary/aromatic N) is 4. The molecule has 2 aromatic heterocycles. The fraction of sp³-hybridized carbons (Fsp3) is 0.538. The first kappa shape index (κ1) is 13.8. The molecule has 0 spiro atoms. The van der Waals surface area contributed by atoms with Gasteiger partial charge in [0.2, 0.25) is 0 Å². The monoisotopic (exact) mass is 262 g/mol. The Bertz CT molecular complexity index is 539. The summed E-state index contributed by atoms with van der Waals surface area (Å²) in [6.45, 7) is 6.20. The van der Waals surface area contributed by atoms with E-state index in [9.17, 15) is 0 Å². The SMILES string of the molecule is Cc1cc(C(Cc2ccn(C(C)C)n2)NN)n(C)n1. The molecule has 0 radical (unpaired) electrons. The number of nitrogens with one attached hydrogen (secondary N) is 1. The Morgan fingerprint density at radius 2 is 2.11 bits per heavy atom. The summed E-state index contributed by atoms with van der Waals surface area (Å²) in [4.78, 5) is 0. The summed E-state index contributed by atoms with van der Waals surface area (Å²) in [5.41, 5.74) is 5.93. The van der Waals surface area contributed by atoms with Gasteiger partial charge in [-0.3, -0.25) is 20.6 Å². The van der Waals surface area contributed by atoms with E-state index in [4.69, 9.17) is 5.84 Å². The maximum Gasteiger partial charge on any atom is 0.0685 e. The molecule has 104 valence electrons. The molecule has 0 aliphatic rings. The van der Waals surface area contributed by atoms with Crippen LogP contribution in [0.5, 0.6) is 0 Å². The molecule has 0 aliphatic heterocycles. The summed E-state index contributed by atoms with van der Waals surface area (Å²) < 4.78 is 3.82. The number of aromatic nitrogens is 4. The zero-order chi connectivity index (χ0) is 14.0. The minimum absolute atomic E-state index is 0.0155. The van der Waals surface area contributed by atoms with Gasteiger partial charge in [0, 0.05) is 25.7 Å². The van der Waals surface area contributed by atoms with Crippen LogP contribution in [0.4, 0.5) is 0 Å². The van der Waals surface area contributed by atoms with Gasteiger partial charge in [0.1, 0.15) is 0 Å². The van der Waals surface area contributed by atoms with Crippen molar-refractivity contribution in [1.29, 1.82) is 0 Å². The fourth-order valence-corrected chi connectivity index (χ4v) is 2.19. The third-order valence-electron chi connectivity index (χ3n) is 3.20. The Morgan fingerprint density at radius 3 is 2.58 bits per heavy atom. The maximum absolute atomic E-state index is 5.67. The third-order valence-corrected chi connectivity index (χ3v) is 3.20. The van der Waals surface area contributed by atoms with Gasteiger partial charge in [0.25, 0.3) is 0 Å². The van der Waals surface area contributed by atoms with Crippen molar-refractivity contribution in [1.82, 2.24) is 25.0 Å². The van der Waals surface area contributed by atoms with Crippen molar-refractivity contribution in [2.75, 3.05) is 0 Å². The second-order valence-electron chi connectivity index (χ2n) is 5.14. The average molecular weight is 262 g/mol. The molecule has 6 nitrogen and oxygen atoms in total. The minimum Gasteiger partial charge on any atom is -0.271 e. The Kier molecular flexibility index (Phi) is 4.01. The van der Waals surface area contributed by atoms with Crippen LogP contribution in [-0.4, -0.2) is 19.6 Å². The second-order valence-corrected chi connectivity index (χ2v) is 5.14. The van der Waals surface area contributed by atoms with Gasteiger partial charge in [-0.15, -0.1) is 0 Å². The fourth-order valence-electron chi connectivity index (χ4n) is 2.19. The lowest BCUT2D eigenvalue weighted by Gasteiger charge is -2.15. The Labute approximate surface area is 113 Å². The van der Waals surface area contributed by atoms with E-state index in [-0.39, 0.29) is 6.04 Å². The van der Waals surface area contributed by atoms with Crippen LogP contribution in [0.1, 0.15) is 43.0 Å². The van der Waals surface area contributed by atoms with Gasteiger partial charge < -0.3 is 0 Å². The molecule has 2 aromatic rings. The first-order chi connectivity index (χ1) is 9.01. The molecule has 1 atom stereocenters. The van der Waals surface area contributed by atoms with Crippen LogP contribution in [0.15, 0.2) is 18.3 Å². The molecule has 0 saturated carbocycles. The van der Waals surface area contributed by atoms with E-state index in [1.807, 2.05) is 41.7 Å². The van der Waals surface area contributed by atoms with Crippen molar-refractivity contribution in [2.24, 2.45) is 12.9 Å². The zero-order valence-corrected chi connectivity index (χ0v) is 12.0. The molecule has 6 heteroatoms. The highest BCUT2D eigenvalue weighted by molar-refractivity contribution is 5.16. The number of hydrazine groups is 1. The molecular formula is C13H22N6. The van der Waals surface area contributed by atoms with Crippen LogP contribution in [0.3, 0.4) is 0 Å². The second kappa shape index (κ2) is 5.54. The van der Waals surface area contributed by atoms with Crippen LogP contribution < -0.4 is 11.3 Å². The first-order valence-electron chi connectivity index (χ1n) is 6.52. The standard InChI is InChI=1S/C13H22N6/c1-9(2)19-6-5-11(17-19)8-12(15-14)13-7-10(3)16-18(13)4/h5-7,9,12,15H,8,14H2,1-4H3. The van der Waals surface area contributed by atoms with Crippen molar-refractivity contribution >= 4 is 0 Å². The molecule has 2 rings (SSSR count). The van der Waals surface area contributed by atoms with Crippen molar-refractivity contribution in [3.63, 3.8) is 0 Å². The van der Waals surface area contributed by atoms with Crippen LogP contribution in [0, 0.1) is 6.92 Å². The van der Waals surface area contributed by atoms with Gasteiger partial charge in [0.05, 0.1) is 23.1 Å². The lowest BCUT2D eigenvalue weighted by Crippen LogP contribution is -2.31. The minimum atomic E-state index is 0.0155. The third kappa shape index (κ3) is 3.02. The molecule has 0 aromatic carbocycles. The Balaban J connectivity index is 2.16. The van der Waals surface area contributed by atoms with E-state index >= 15 is 0 Å². The van der Waals surface area contributed by atoms with Gasteiger partial charge in [-0.25, -0.2) is 0 Å². The van der Waals surface area contributed by atoms with Crippen LogP contribution >= 0.6 is 0 Å². The van der Waals surface area contributed by atoms with E-state index in [1.54, 1.807) is 0 Å². The van der Waals surface area contributed by atoms with E-state index in [0.29, 0.717) is 6.04 Å². The van der Waals surface area contributed by atoms with E-state index in [1.165, 1.54) is 0 Å². The van der Waals surface area contributed by atoms with E-state index < -0.39 is 0 Å². The number of aryl methyl sites for hydroxylation is 2. The zero-order valence-electron chi connectivity index (χ0n) is 12.0. The van der Waals surface area contributed by atoms with Crippen molar-refractivity contribution in [3.05, 3.63) is 35.4 Å². The first-order valence-corrected chi connectivity index (χ1v) is 6.52. The summed E-state index contributed by atoms with van der Waals surface area (Å²) >= 11 is 0.